The van der Waals surface area contributed by atoms with Gasteiger partial charge in [-0.25, -0.2) is 0 Å². The molecular formula is C35H40ClO4P. The van der Waals surface area contributed by atoms with Crippen molar-refractivity contribution in [3.63, 3.8) is 0 Å². The van der Waals surface area contributed by atoms with E-state index >= 15 is 0 Å². The van der Waals surface area contributed by atoms with E-state index in [0.29, 0.717) is 24.8 Å². The first-order valence-electron chi connectivity index (χ1n) is 15.1. The minimum Gasteiger partial charge on any atom is -0.489 e. The van der Waals surface area contributed by atoms with Crippen LogP contribution in [-0.4, -0.2) is 13.2 Å². The van der Waals surface area contributed by atoms with Crippen LogP contribution in [0.5, 0.6) is 5.75 Å². The van der Waals surface area contributed by atoms with Gasteiger partial charge in [0, 0.05) is 22.0 Å². The smallest absolute Gasteiger partial charge is 0.354 e. The Hall–Kier alpha value is -2.36. The Morgan fingerprint density at radius 3 is 2.15 bits per heavy atom. The van der Waals surface area contributed by atoms with Gasteiger partial charge in [-0.3, -0.25) is 4.57 Å². The van der Waals surface area contributed by atoms with Gasteiger partial charge in [0.2, 0.25) is 0 Å². The normalized spacial score (nSPS) is 25.2. The molecule has 41 heavy (non-hydrogen) atoms. The van der Waals surface area contributed by atoms with E-state index in [-0.39, 0.29) is 5.41 Å². The molecule has 4 aliphatic rings. The summed E-state index contributed by atoms with van der Waals surface area (Å²) in [6.45, 7) is 4.81. The van der Waals surface area contributed by atoms with Crippen LogP contribution in [0, 0.1) is 17.8 Å². The summed E-state index contributed by atoms with van der Waals surface area (Å²) in [5, 5.41) is 0.657. The lowest BCUT2D eigenvalue weighted by molar-refractivity contribution is -0.00645. The minimum absolute atomic E-state index is 0.186. The van der Waals surface area contributed by atoms with Crippen LogP contribution < -0.4 is 4.74 Å². The lowest BCUT2D eigenvalue weighted by atomic mass is 9.48. The van der Waals surface area contributed by atoms with Crippen LogP contribution in [0.2, 0.25) is 5.02 Å². The molecule has 4 nitrogen and oxygen atoms in total. The molecule has 3 aromatic carbocycles. The quantitative estimate of drug-likeness (QED) is 0.208. The molecule has 216 valence electrons. The number of benzene rings is 3. The largest absolute Gasteiger partial charge is 0.489 e. The summed E-state index contributed by atoms with van der Waals surface area (Å²) < 4.78 is 30.2. The molecule has 4 aliphatic carbocycles. The number of halogens is 1. The molecule has 0 spiro atoms. The lowest BCUT2D eigenvalue weighted by Crippen LogP contribution is -2.48. The second-order valence-corrected chi connectivity index (χ2v) is 14.4. The molecule has 0 unspecified atom stereocenters. The number of hydrogen-bond acceptors (Lipinski definition) is 4. The van der Waals surface area contributed by atoms with E-state index in [0.717, 1.165) is 40.2 Å². The highest BCUT2D eigenvalue weighted by molar-refractivity contribution is 7.57. The van der Waals surface area contributed by atoms with Gasteiger partial charge in [0.15, 0.2) is 0 Å². The first-order chi connectivity index (χ1) is 19.9. The molecule has 0 aliphatic heterocycles. The fraction of sp³-hybridized carbons (Fsp3) is 0.429. The zero-order valence-electron chi connectivity index (χ0n) is 24.1. The van der Waals surface area contributed by atoms with Gasteiger partial charge in [-0.05, 0) is 117 Å². The molecule has 7 rings (SSSR count). The maximum atomic E-state index is 12.9. The van der Waals surface area contributed by atoms with E-state index < -0.39 is 7.60 Å². The second-order valence-electron chi connectivity index (χ2n) is 12.1. The Morgan fingerprint density at radius 2 is 1.54 bits per heavy atom. The Bertz CT molecular complexity index is 1400. The molecule has 0 aromatic heterocycles. The van der Waals surface area contributed by atoms with Gasteiger partial charge in [-0.2, -0.15) is 0 Å². The van der Waals surface area contributed by atoms with Crippen LogP contribution in [0.3, 0.4) is 0 Å². The van der Waals surface area contributed by atoms with Crippen molar-refractivity contribution in [2.24, 2.45) is 17.8 Å². The van der Waals surface area contributed by atoms with Crippen LogP contribution >= 0.6 is 19.2 Å². The fourth-order valence-electron chi connectivity index (χ4n) is 7.94. The lowest BCUT2D eigenvalue weighted by Gasteiger charge is -2.57. The molecule has 4 bridgehead atoms. The standard InChI is InChI=1S/C35H40ClO4P/c1-3-39-41(37,40-4-2)15-14-25-10-12-31(33(36)19-25)30-11-13-34(38-24-26-8-6-5-7-9-26)32(20-30)35-21-27-16-28(22-35)18-29(17-27)23-35/h5-15,19-20,27-29H,3-4,16-18,21-24H2,1-2H3/b15-14+. The van der Waals surface area contributed by atoms with Crippen LogP contribution in [0.4, 0.5) is 0 Å². The number of ether oxygens (including phenoxy) is 1. The summed E-state index contributed by atoms with van der Waals surface area (Å²) in [6, 6.07) is 23.1. The summed E-state index contributed by atoms with van der Waals surface area (Å²) in [7, 11) is -3.28. The Labute approximate surface area is 249 Å². The predicted octanol–water partition coefficient (Wildman–Crippen LogP) is 10.3. The van der Waals surface area contributed by atoms with Crippen molar-refractivity contribution >= 4 is 25.3 Å². The summed E-state index contributed by atoms with van der Waals surface area (Å²) in [6.07, 6.45) is 9.77. The van der Waals surface area contributed by atoms with Gasteiger partial charge >= 0.3 is 7.60 Å². The Morgan fingerprint density at radius 1 is 0.878 bits per heavy atom. The molecule has 6 heteroatoms. The van der Waals surface area contributed by atoms with Crippen molar-refractivity contribution in [2.45, 2.75) is 64.4 Å². The highest BCUT2D eigenvalue weighted by atomic mass is 35.5. The van der Waals surface area contributed by atoms with E-state index in [4.69, 9.17) is 25.4 Å². The highest BCUT2D eigenvalue weighted by Crippen LogP contribution is 2.62. The summed E-state index contributed by atoms with van der Waals surface area (Å²) >= 11 is 6.89. The van der Waals surface area contributed by atoms with Crippen molar-refractivity contribution < 1.29 is 18.3 Å². The summed E-state index contributed by atoms with van der Waals surface area (Å²) in [5.74, 6) is 5.05. The summed E-state index contributed by atoms with van der Waals surface area (Å²) in [5.41, 5.74) is 5.67. The van der Waals surface area contributed by atoms with Crippen LogP contribution in [0.15, 0.2) is 72.5 Å². The predicted molar refractivity (Wildman–Crippen MR) is 167 cm³/mol. The molecule has 0 N–H and O–H groups in total. The molecule has 0 amide bonds. The topological polar surface area (TPSA) is 44.8 Å². The average molecular weight is 591 g/mol. The van der Waals surface area contributed by atoms with E-state index in [1.165, 1.54) is 55.5 Å². The van der Waals surface area contributed by atoms with Gasteiger partial charge < -0.3 is 13.8 Å². The maximum absolute atomic E-state index is 12.9. The molecular weight excluding hydrogens is 551 g/mol. The average Bonchev–Trinajstić information content (AvgIpc) is 2.95. The van der Waals surface area contributed by atoms with Gasteiger partial charge in [-0.15, -0.1) is 0 Å². The third-order valence-electron chi connectivity index (χ3n) is 9.20. The van der Waals surface area contributed by atoms with Gasteiger partial charge in [0.1, 0.15) is 12.4 Å². The van der Waals surface area contributed by atoms with Crippen molar-refractivity contribution in [1.29, 1.82) is 0 Å². The SMILES string of the molecule is CCOP(=O)(/C=C/c1ccc(-c2ccc(OCc3ccccc3)c(C34CC5CC(CC(C5)C3)C4)c2)c(Cl)c1)OCC. The molecule has 0 atom stereocenters. The molecule has 4 saturated carbocycles. The zero-order valence-corrected chi connectivity index (χ0v) is 25.7. The van der Waals surface area contributed by atoms with Crippen molar-refractivity contribution in [3.05, 3.63) is 94.3 Å². The van der Waals surface area contributed by atoms with E-state index in [1.807, 2.05) is 18.2 Å². The van der Waals surface area contributed by atoms with E-state index in [1.54, 1.807) is 19.9 Å². The van der Waals surface area contributed by atoms with Crippen molar-refractivity contribution in [3.8, 4) is 16.9 Å². The van der Waals surface area contributed by atoms with E-state index in [9.17, 15) is 4.57 Å². The van der Waals surface area contributed by atoms with Gasteiger partial charge in [0.05, 0.1) is 13.2 Å². The molecule has 0 saturated heterocycles. The molecule has 3 aromatic rings. The van der Waals surface area contributed by atoms with Crippen LogP contribution in [-0.2, 0) is 25.6 Å². The number of rotatable bonds is 11. The molecule has 4 fully saturated rings. The first-order valence-corrected chi connectivity index (χ1v) is 17.1. The Kier molecular flexibility index (Phi) is 8.48. The number of hydrogen-bond donors (Lipinski definition) is 0. The fourth-order valence-corrected chi connectivity index (χ4v) is 9.56. The third kappa shape index (κ3) is 6.22. The monoisotopic (exact) mass is 590 g/mol. The summed E-state index contributed by atoms with van der Waals surface area (Å²) in [4.78, 5) is 0. The van der Waals surface area contributed by atoms with Crippen LogP contribution in [0.1, 0.15) is 69.1 Å². The molecule has 0 radical (unpaired) electrons. The maximum Gasteiger partial charge on any atom is 0.354 e. The van der Waals surface area contributed by atoms with Crippen molar-refractivity contribution in [2.75, 3.05) is 13.2 Å². The molecule has 0 heterocycles. The van der Waals surface area contributed by atoms with Crippen molar-refractivity contribution in [1.82, 2.24) is 0 Å². The Balaban J connectivity index is 1.32. The second kappa shape index (κ2) is 12.1. The van der Waals surface area contributed by atoms with Crippen LogP contribution in [0.25, 0.3) is 17.2 Å². The highest BCUT2D eigenvalue weighted by Gasteiger charge is 2.52. The van der Waals surface area contributed by atoms with Gasteiger partial charge in [0.25, 0.3) is 0 Å². The van der Waals surface area contributed by atoms with E-state index in [2.05, 4.69) is 48.5 Å². The minimum atomic E-state index is -3.28. The first kappa shape index (κ1) is 28.7. The zero-order chi connectivity index (χ0) is 28.5. The third-order valence-corrected chi connectivity index (χ3v) is 11.3. The van der Waals surface area contributed by atoms with Gasteiger partial charge in [-0.1, -0.05) is 60.1 Å².